The second-order valence-corrected chi connectivity index (χ2v) is 3.62. The third-order valence-corrected chi connectivity index (χ3v) is 2.75. The second-order valence-electron chi connectivity index (χ2n) is 3.62. The van der Waals surface area contributed by atoms with Gasteiger partial charge in [-0.1, -0.05) is 6.07 Å². The molecule has 4 nitrogen and oxygen atoms in total. The van der Waals surface area contributed by atoms with Gasteiger partial charge in [-0.05, 0) is 12.5 Å². The summed E-state index contributed by atoms with van der Waals surface area (Å²) in [5.74, 6) is 1.000. The Labute approximate surface area is 94.1 Å². The van der Waals surface area contributed by atoms with E-state index in [2.05, 4.69) is 0 Å². The van der Waals surface area contributed by atoms with Gasteiger partial charge in [-0.3, -0.25) is 4.79 Å². The lowest BCUT2D eigenvalue weighted by molar-refractivity contribution is -0.143. The fourth-order valence-corrected chi connectivity index (χ4v) is 1.88. The summed E-state index contributed by atoms with van der Waals surface area (Å²) in [6, 6.07) is 5.48. The summed E-state index contributed by atoms with van der Waals surface area (Å²) in [6.07, 6.45) is 0.659. The van der Waals surface area contributed by atoms with Crippen LogP contribution in [0.4, 0.5) is 0 Å². The van der Waals surface area contributed by atoms with Gasteiger partial charge in [-0.2, -0.15) is 0 Å². The summed E-state index contributed by atoms with van der Waals surface area (Å²) >= 11 is 0. The maximum Gasteiger partial charge on any atom is 0.313 e. The Morgan fingerprint density at radius 2 is 2.25 bits per heavy atom. The minimum absolute atomic E-state index is 0.213. The minimum Gasteiger partial charge on any atom is -0.497 e. The summed E-state index contributed by atoms with van der Waals surface area (Å²) in [5, 5.41) is 0. The number of benzene rings is 1. The highest BCUT2D eigenvalue weighted by atomic mass is 16.5. The molecule has 0 amide bonds. The Balaban J connectivity index is 2.36. The number of methoxy groups -OCH3 is 2. The van der Waals surface area contributed by atoms with E-state index in [-0.39, 0.29) is 11.9 Å². The lowest BCUT2D eigenvalue weighted by Gasteiger charge is -2.24. The van der Waals surface area contributed by atoms with Crippen molar-refractivity contribution in [2.24, 2.45) is 0 Å². The van der Waals surface area contributed by atoms with Crippen molar-refractivity contribution >= 4 is 5.97 Å². The molecule has 16 heavy (non-hydrogen) atoms. The maximum absolute atomic E-state index is 11.6. The first-order valence-corrected chi connectivity index (χ1v) is 5.15. The van der Waals surface area contributed by atoms with Gasteiger partial charge in [-0.25, -0.2) is 0 Å². The van der Waals surface area contributed by atoms with Crippen LogP contribution in [0.1, 0.15) is 17.9 Å². The molecule has 1 aromatic carbocycles. The van der Waals surface area contributed by atoms with Crippen molar-refractivity contribution in [2.75, 3.05) is 20.8 Å². The molecule has 0 fully saturated rings. The van der Waals surface area contributed by atoms with Crippen molar-refractivity contribution in [1.82, 2.24) is 0 Å². The quantitative estimate of drug-likeness (QED) is 0.715. The Kier molecular flexibility index (Phi) is 2.99. The van der Waals surface area contributed by atoms with E-state index in [1.165, 1.54) is 7.11 Å². The third kappa shape index (κ3) is 1.83. The van der Waals surface area contributed by atoms with E-state index >= 15 is 0 Å². The molecule has 0 radical (unpaired) electrons. The van der Waals surface area contributed by atoms with Crippen LogP contribution in [0, 0.1) is 0 Å². The highest BCUT2D eigenvalue weighted by Crippen LogP contribution is 2.36. The van der Waals surface area contributed by atoms with Crippen molar-refractivity contribution in [2.45, 2.75) is 12.3 Å². The van der Waals surface area contributed by atoms with Gasteiger partial charge in [0.15, 0.2) is 0 Å². The molecule has 86 valence electrons. The number of carbonyl (C=O) groups excluding carboxylic acids is 1. The SMILES string of the molecule is COC(=O)C1CCOc2cc(OC)ccc21. The normalized spacial score (nSPS) is 18.2. The summed E-state index contributed by atoms with van der Waals surface area (Å²) < 4.78 is 15.4. The van der Waals surface area contributed by atoms with Crippen LogP contribution in [-0.2, 0) is 9.53 Å². The number of hydrogen-bond acceptors (Lipinski definition) is 4. The molecule has 1 unspecified atom stereocenters. The molecule has 0 aliphatic carbocycles. The molecule has 0 saturated carbocycles. The van der Waals surface area contributed by atoms with Crippen LogP contribution in [0.3, 0.4) is 0 Å². The van der Waals surface area contributed by atoms with Crippen LogP contribution < -0.4 is 9.47 Å². The number of esters is 1. The van der Waals surface area contributed by atoms with E-state index in [0.717, 1.165) is 11.3 Å². The van der Waals surface area contributed by atoms with E-state index in [4.69, 9.17) is 14.2 Å². The van der Waals surface area contributed by atoms with Crippen molar-refractivity contribution in [3.05, 3.63) is 23.8 Å². The first kappa shape index (κ1) is 10.8. The maximum atomic E-state index is 11.6. The van der Waals surface area contributed by atoms with Gasteiger partial charge in [0.05, 0.1) is 26.7 Å². The van der Waals surface area contributed by atoms with Gasteiger partial charge in [0, 0.05) is 11.6 Å². The molecule has 2 rings (SSSR count). The van der Waals surface area contributed by atoms with Crippen LogP contribution in [0.15, 0.2) is 18.2 Å². The molecule has 0 saturated heterocycles. The van der Waals surface area contributed by atoms with Crippen molar-refractivity contribution in [3.63, 3.8) is 0 Å². The monoisotopic (exact) mass is 222 g/mol. The van der Waals surface area contributed by atoms with Gasteiger partial charge >= 0.3 is 5.97 Å². The molecule has 4 heteroatoms. The predicted molar refractivity (Wildman–Crippen MR) is 57.9 cm³/mol. The second kappa shape index (κ2) is 4.43. The van der Waals surface area contributed by atoms with Crippen LogP contribution >= 0.6 is 0 Å². The van der Waals surface area contributed by atoms with Crippen molar-refractivity contribution in [3.8, 4) is 11.5 Å². The van der Waals surface area contributed by atoms with Crippen LogP contribution in [0.25, 0.3) is 0 Å². The largest absolute Gasteiger partial charge is 0.497 e. The zero-order chi connectivity index (χ0) is 11.5. The molecular formula is C12H14O4. The van der Waals surface area contributed by atoms with E-state index in [9.17, 15) is 4.79 Å². The molecule has 0 aromatic heterocycles. The first-order valence-electron chi connectivity index (χ1n) is 5.15. The van der Waals surface area contributed by atoms with Gasteiger partial charge in [0.25, 0.3) is 0 Å². The van der Waals surface area contributed by atoms with E-state index in [1.807, 2.05) is 12.1 Å². The number of rotatable bonds is 2. The van der Waals surface area contributed by atoms with Gasteiger partial charge in [0.1, 0.15) is 11.5 Å². The molecule has 1 aliphatic rings. The third-order valence-electron chi connectivity index (χ3n) is 2.75. The first-order chi connectivity index (χ1) is 7.76. The van der Waals surface area contributed by atoms with E-state index < -0.39 is 0 Å². The topological polar surface area (TPSA) is 44.8 Å². The number of fused-ring (bicyclic) bond motifs is 1. The molecule has 1 atom stereocenters. The Morgan fingerprint density at radius 1 is 1.44 bits per heavy atom. The highest BCUT2D eigenvalue weighted by molar-refractivity contribution is 5.79. The van der Waals surface area contributed by atoms with E-state index in [1.54, 1.807) is 13.2 Å². The van der Waals surface area contributed by atoms with Gasteiger partial charge in [0.2, 0.25) is 0 Å². The minimum atomic E-state index is -0.223. The van der Waals surface area contributed by atoms with Crippen LogP contribution in [-0.4, -0.2) is 26.8 Å². The average Bonchev–Trinajstić information content (AvgIpc) is 2.36. The fourth-order valence-electron chi connectivity index (χ4n) is 1.88. The fraction of sp³-hybridized carbons (Fsp3) is 0.417. The molecule has 0 bridgehead atoms. The Bertz CT molecular complexity index is 400. The lowest BCUT2D eigenvalue weighted by Crippen LogP contribution is -2.22. The average molecular weight is 222 g/mol. The zero-order valence-electron chi connectivity index (χ0n) is 9.36. The number of ether oxygens (including phenoxy) is 3. The zero-order valence-corrected chi connectivity index (χ0v) is 9.36. The van der Waals surface area contributed by atoms with Crippen LogP contribution in [0.2, 0.25) is 0 Å². The molecule has 1 aromatic rings. The summed E-state index contributed by atoms with van der Waals surface area (Å²) in [7, 11) is 3.00. The molecule has 1 aliphatic heterocycles. The number of hydrogen-bond donors (Lipinski definition) is 0. The number of carbonyl (C=O) groups is 1. The van der Waals surface area contributed by atoms with Gasteiger partial charge < -0.3 is 14.2 Å². The molecule has 1 heterocycles. The van der Waals surface area contributed by atoms with Crippen molar-refractivity contribution < 1.29 is 19.0 Å². The van der Waals surface area contributed by atoms with Gasteiger partial charge in [-0.15, -0.1) is 0 Å². The standard InChI is InChI=1S/C12H14O4/c1-14-8-3-4-9-10(12(13)15-2)5-6-16-11(9)7-8/h3-4,7,10H,5-6H2,1-2H3. The van der Waals surface area contributed by atoms with Crippen LogP contribution in [0.5, 0.6) is 11.5 Å². The molecule has 0 spiro atoms. The van der Waals surface area contributed by atoms with E-state index in [0.29, 0.717) is 18.8 Å². The predicted octanol–water partition coefficient (Wildman–Crippen LogP) is 1.73. The van der Waals surface area contributed by atoms with Crippen molar-refractivity contribution in [1.29, 1.82) is 0 Å². The summed E-state index contributed by atoms with van der Waals surface area (Å²) in [4.78, 5) is 11.6. The smallest absolute Gasteiger partial charge is 0.313 e. The Morgan fingerprint density at radius 3 is 2.94 bits per heavy atom. The highest BCUT2D eigenvalue weighted by Gasteiger charge is 2.28. The summed E-state index contributed by atoms with van der Waals surface area (Å²) in [5.41, 5.74) is 0.874. The lowest BCUT2D eigenvalue weighted by atomic mass is 9.93. The Hall–Kier alpha value is -1.71. The molecular weight excluding hydrogens is 208 g/mol. The summed E-state index contributed by atoms with van der Waals surface area (Å²) in [6.45, 7) is 0.528. The molecule has 0 N–H and O–H groups in total.